The molecule has 1 aromatic rings. The van der Waals surface area contributed by atoms with E-state index in [1.54, 1.807) is 7.11 Å². The summed E-state index contributed by atoms with van der Waals surface area (Å²) in [5, 5.41) is 3.35. The Balaban J connectivity index is 1.86. The Kier molecular flexibility index (Phi) is 5.36. The number of rotatable bonds is 9. The van der Waals surface area contributed by atoms with Crippen LogP contribution in [0.15, 0.2) is 24.3 Å². The highest BCUT2D eigenvalue weighted by Crippen LogP contribution is 2.21. The third-order valence-electron chi connectivity index (χ3n) is 3.09. The maximum Gasteiger partial charge on any atom is 0.167 e. The van der Waals surface area contributed by atoms with Gasteiger partial charge in [0, 0.05) is 26.1 Å². The normalized spacial score (nSPS) is 14.4. The molecule has 4 nitrogen and oxygen atoms in total. The second kappa shape index (κ2) is 7.26. The number of ether oxygens (including phenoxy) is 2. The fourth-order valence-corrected chi connectivity index (χ4v) is 1.87. The smallest absolute Gasteiger partial charge is 0.167 e. The van der Waals surface area contributed by atoms with Crippen molar-refractivity contribution in [2.24, 2.45) is 0 Å². The van der Waals surface area contributed by atoms with Crippen molar-refractivity contribution in [2.45, 2.75) is 25.3 Å². The third-order valence-corrected chi connectivity index (χ3v) is 3.09. The molecule has 0 heterocycles. The van der Waals surface area contributed by atoms with Crippen LogP contribution >= 0.6 is 0 Å². The molecule has 0 radical (unpaired) electrons. The summed E-state index contributed by atoms with van der Waals surface area (Å²) in [7, 11) is 1.63. The molecule has 0 bridgehead atoms. The van der Waals surface area contributed by atoms with Crippen LogP contribution in [-0.4, -0.2) is 38.7 Å². The van der Waals surface area contributed by atoms with E-state index in [4.69, 9.17) is 9.47 Å². The number of benzene rings is 1. The fraction of sp³-hybridized carbons (Fsp3) is 0.533. The van der Waals surface area contributed by atoms with Crippen molar-refractivity contribution in [3.05, 3.63) is 29.8 Å². The summed E-state index contributed by atoms with van der Waals surface area (Å²) in [5.41, 5.74) is 0.663. The van der Waals surface area contributed by atoms with Crippen molar-refractivity contribution in [3.8, 4) is 5.75 Å². The first-order valence-electron chi connectivity index (χ1n) is 6.78. The highest BCUT2D eigenvalue weighted by Gasteiger charge is 2.20. The predicted octanol–water partition coefficient (Wildman–Crippen LogP) is 2.04. The highest BCUT2D eigenvalue weighted by molar-refractivity contribution is 5.98. The third kappa shape index (κ3) is 4.65. The minimum Gasteiger partial charge on any atom is -0.490 e. The second-order valence-corrected chi connectivity index (χ2v) is 4.74. The van der Waals surface area contributed by atoms with Gasteiger partial charge in [-0.2, -0.15) is 0 Å². The Morgan fingerprint density at radius 3 is 2.84 bits per heavy atom. The van der Waals surface area contributed by atoms with E-state index in [1.807, 2.05) is 24.3 Å². The standard InChI is InChI=1S/C15H21NO3/c1-18-10-11-19-15-5-3-2-4-13(15)14(17)8-9-16-12-6-7-12/h2-5,12,16H,6-11H2,1H3. The molecule has 1 N–H and O–H groups in total. The molecule has 0 unspecified atom stereocenters. The van der Waals surface area contributed by atoms with Gasteiger partial charge in [-0.25, -0.2) is 0 Å². The molecule has 1 aliphatic rings. The lowest BCUT2D eigenvalue weighted by Gasteiger charge is -2.10. The molecule has 1 fully saturated rings. The van der Waals surface area contributed by atoms with Crippen molar-refractivity contribution < 1.29 is 14.3 Å². The number of Topliss-reactive ketones (excluding diaryl/α,β-unsaturated/α-hetero) is 1. The number of hydrogen-bond acceptors (Lipinski definition) is 4. The Morgan fingerprint density at radius 1 is 1.32 bits per heavy atom. The van der Waals surface area contributed by atoms with Crippen LogP contribution in [0, 0.1) is 0 Å². The quantitative estimate of drug-likeness (QED) is 0.547. The van der Waals surface area contributed by atoms with Gasteiger partial charge in [0.2, 0.25) is 0 Å². The van der Waals surface area contributed by atoms with E-state index in [9.17, 15) is 4.79 Å². The van der Waals surface area contributed by atoms with Crippen molar-refractivity contribution >= 4 is 5.78 Å². The molecule has 2 rings (SSSR count). The topological polar surface area (TPSA) is 47.6 Å². The summed E-state index contributed by atoms with van der Waals surface area (Å²) in [4.78, 5) is 12.1. The predicted molar refractivity (Wildman–Crippen MR) is 73.8 cm³/mol. The fourth-order valence-electron chi connectivity index (χ4n) is 1.87. The van der Waals surface area contributed by atoms with Gasteiger partial charge in [0.05, 0.1) is 12.2 Å². The minimum atomic E-state index is 0.126. The Hall–Kier alpha value is -1.39. The molecule has 19 heavy (non-hydrogen) atoms. The largest absolute Gasteiger partial charge is 0.490 e. The number of carbonyl (C=O) groups is 1. The Morgan fingerprint density at radius 2 is 2.11 bits per heavy atom. The van der Waals surface area contributed by atoms with Gasteiger partial charge >= 0.3 is 0 Å². The summed E-state index contributed by atoms with van der Waals surface area (Å²) < 4.78 is 10.5. The van der Waals surface area contributed by atoms with Crippen LogP contribution in [0.2, 0.25) is 0 Å². The Labute approximate surface area is 114 Å². The summed E-state index contributed by atoms with van der Waals surface area (Å²) >= 11 is 0. The number of carbonyl (C=O) groups excluding carboxylic acids is 1. The number of para-hydroxylation sites is 1. The molecule has 1 saturated carbocycles. The minimum absolute atomic E-state index is 0.126. The molecular weight excluding hydrogens is 242 g/mol. The molecule has 104 valence electrons. The zero-order chi connectivity index (χ0) is 13.5. The van der Waals surface area contributed by atoms with E-state index in [0.29, 0.717) is 37.0 Å². The number of ketones is 1. The maximum atomic E-state index is 12.1. The van der Waals surface area contributed by atoms with E-state index in [-0.39, 0.29) is 5.78 Å². The monoisotopic (exact) mass is 263 g/mol. The first-order valence-corrected chi connectivity index (χ1v) is 6.78. The molecule has 0 amide bonds. The first kappa shape index (κ1) is 14.0. The van der Waals surface area contributed by atoms with Gasteiger partial charge in [0.1, 0.15) is 12.4 Å². The second-order valence-electron chi connectivity index (χ2n) is 4.74. The summed E-state index contributed by atoms with van der Waals surface area (Å²) in [6, 6.07) is 8.03. The molecule has 0 saturated heterocycles. The van der Waals surface area contributed by atoms with Crippen LogP contribution in [0.1, 0.15) is 29.6 Å². The van der Waals surface area contributed by atoms with Gasteiger partial charge < -0.3 is 14.8 Å². The van der Waals surface area contributed by atoms with Gasteiger partial charge in [-0.1, -0.05) is 12.1 Å². The lowest BCUT2D eigenvalue weighted by molar-refractivity contribution is 0.0974. The molecular formula is C15H21NO3. The lowest BCUT2D eigenvalue weighted by atomic mass is 10.1. The zero-order valence-electron chi connectivity index (χ0n) is 11.4. The van der Waals surface area contributed by atoms with Crippen molar-refractivity contribution in [1.29, 1.82) is 0 Å². The molecule has 4 heteroatoms. The van der Waals surface area contributed by atoms with Crippen molar-refractivity contribution in [3.63, 3.8) is 0 Å². The number of methoxy groups -OCH3 is 1. The van der Waals surface area contributed by atoms with Gasteiger partial charge in [0.15, 0.2) is 5.78 Å². The average molecular weight is 263 g/mol. The molecule has 0 atom stereocenters. The van der Waals surface area contributed by atoms with Crippen molar-refractivity contribution in [1.82, 2.24) is 5.32 Å². The number of hydrogen-bond donors (Lipinski definition) is 1. The van der Waals surface area contributed by atoms with E-state index >= 15 is 0 Å². The van der Waals surface area contributed by atoms with E-state index < -0.39 is 0 Å². The van der Waals surface area contributed by atoms with Crippen LogP contribution in [0.4, 0.5) is 0 Å². The summed E-state index contributed by atoms with van der Waals surface area (Å²) in [6.07, 6.45) is 3.00. The molecule has 1 aliphatic carbocycles. The lowest BCUT2D eigenvalue weighted by Crippen LogP contribution is -2.20. The van der Waals surface area contributed by atoms with E-state index in [0.717, 1.165) is 6.54 Å². The van der Waals surface area contributed by atoms with Crippen LogP contribution in [0.3, 0.4) is 0 Å². The van der Waals surface area contributed by atoms with Gasteiger partial charge in [-0.15, -0.1) is 0 Å². The molecule has 1 aromatic carbocycles. The first-order chi connectivity index (χ1) is 9.31. The zero-order valence-corrected chi connectivity index (χ0v) is 11.4. The van der Waals surface area contributed by atoms with E-state index in [1.165, 1.54) is 12.8 Å². The van der Waals surface area contributed by atoms with Crippen LogP contribution in [0.5, 0.6) is 5.75 Å². The molecule has 0 aromatic heterocycles. The van der Waals surface area contributed by atoms with Gasteiger partial charge in [0.25, 0.3) is 0 Å². The summed E-state index contributed by atoms with van der Waals surface area (Å²) in [6.45, 7) is 1.72. The SMILES string of the molecule is COCCOc1ccccc1C(=O)CCNC1CC1. The van der Waals surface area contributed by atoms with E-state index in [2.05, 4.69) is 5.32 Å². The van der Waals surface area contributed by atoms with Crippen LogP contribution in [-0.2, 0) is 4.74 Å². The maximum absolute atomic E-state index is 12.1. The van der Waals surface area contributed by atoms with Gasteiger partial charge in [-0.05, 0) is 25.0 Å². The number of nitrogens with one attached hydrogen (secondary N) is 1. The Bertz CT molecular complexity index is 416. The average Bonchev–Trinajstić information content (AvgIpc) is 3.24. The molecule has 0 spiro atoms. The summed E-state index contributed by atoms with van der Waals surface area (Å²) in [5.74, 6) is 0.775. The van der Waals surface area contributed by atoms with Crippen molar-refractivity contribution in [2.75, 3.05) is 26.9 Å². The van der Waals surface area contributed by atoms with Crippen LogP contribution < -0.4 is 10.1 Å². The van der Waals surface area contributed by atoms with Crippen LogP contribution in [0.25, 0.3) is 0 Å². The molecule has 0 aliphatic heterocycles. The van der Waals surface area contributed by atoms with Gasteiger partial charge in [-0.3, -0.25) is 4.79 Å². The highest BCUT2D eigenvalue weighted by atomic mass is 16.5.